The van der Waals surface area contributed by atoms with Crippen LogP contribution in [0.5, 0.6) is 0 Å². The number of nitrogens with one attached hydrogen (secondary N) is 1. The van der Waals surface area contributed by atoms with Gasteiger partial charge < -0.3 is 9.73 Å². The minimum Gasteiger partial charge on any atom is -0.408 e. The van der Waals surface area contributed by atoms with Crippen LogP contribution in [-0.2, 0) is 17.5 Å². The van der Waals surface area contributed by atoms with Crippen molar-refractivity contribution in [2.45, 2.75) is 25.7 Å². The summed E-state index contributed by atoms with van der Waals surface area (Å²) in [5.74, 6) is -1.18. The van der Waals surface area contributed by atoms with Crippen LogP contribution in [0.3, 0.4) is 0 Å². The quantitative estimate of drug-likeness (QED) is 0.771. The van der Waals surface area contributed by atoms with Crippen molar-refractivity contribution < 1.29 is 22.4 Å². The van der Waals surface area contributed by atoms with Gasteiger partial charge in [-0.2, -0.15) is 13.2 Å². The van der Waals surface area contributed by atoms with Gasteiger partial charge in [-0.25, -0.2) is 4.79 Å². The lowest BCUT2D eigenvalue weighted by atomic mass is 10.0. The van der Waals surface area contributed by atoms with Crippen LogP contribution in [0.15, 0.2) is 57.7 Å². The lowest BCUT2D eigenvalue weighted by Crippen LogP contribution is -2.32. The maximum atomic E-state index is 12.8. The maximum Gasteiger partial charge on any atom is 0.420 e. The molecule has 0 saturated heterocycles. The number of amides is 1. The number of hydrogen-bond acceptors (Lipinski definition) is 3. The number of carbonyl (C=O) groups is 1. The third kappa shape index (κ3) is 3.63. The molecule has 2 aromatic carbocycles. The first kappa shape index (κ1) is 17.8. The molecule has 3 aromatic rings. The lowest BCUT2D eigenvalue weighted by molar-refractivity contribution is -0.137. The van der Waals surface area contributed by atoms with E-state index in [1.807, 2.05) is 0 Å². The van der Waals surface area contributed by atoms with Crippen LogP contribution in [0.1, 0.15) is 24.1 Å². The number of para-hydroxylation sites is 2. The van der Waals surface area contributed by atoms with E-state index in [1.165, 1.54) is 16.7 Å². The molecule has 0 saturated carbocycles. The molecule has 0 spiro atoms. The predicted molar refractivity (Wildman–Crippen MR) is 88.5 cm³/mol. The number of carbonyl (C=O) groups excluding carboxylic acids is 1. The van der Waals surface area contributed by atoms with Crippen LogP contribution in [0.4, 0.5) is 13.2 Å². The van der Waals surface area contributed by atoms with Gasteiger partial charge in [-0.15, -0.1) is 0 Å². The van der Waals surface area contributed by atoms with Gasteiger partial charge in [0.1, 0.15) is 6.54 Å². The number of rotatable bonds is 4. The highest BCUT2D eigenvalue weighted by Gasteiger charge is 2.30. The van der Waals surface area contributed by atoms with Crippen molar-refractivity contribution in [3.05, 3.63) is 70.2 Å². The summed E-state index contributed by atoms with van der Waals surface area (Å²) in [5.41, 5.74) is 0.362. The number of hydrogen-bond donors (Lipinski definition) is 1. The van der Waals surface area contributed by atoms with Gasteiger partial charge in [0, 0.05) is 0 Å². The molecular weight excluding hydrogens is 349 g/mol. The molecule has 136 valence electrons. The van der Waals surface area contributed by atoms with Gasteiger partial charge >= 0.3 is 11.9 Å². The second-order valence-electron chi connectivity index (χ2n) is 5.83. The molecule has 0 radical (unpaired) electrons. The molecule has 26 heavy (non-hydrogen) atoms. The number of oxazole rings is 1. The summed E-state index contributed by atoms with van der Waals surface area (Å²) in [4.78, 5) is 24.1. The molecule has 5 nitrogen and oxygen atoms in total. The van der Waals surface area contributed by atoms with E-state index in [2.05, 4.69) is 5.32 Å². The zero-order valence-electron chi connectivity index (χ0n) is 13.7. The standard InChI is InChI=1S/C18H15F3N2O3/c1-11(12-5-4-6-13(9-12)18(19,20)21)22-16(24)10-23-14-7-2-3-8-15(14)26-17(23)25/h2-9,11H,10H2,1H3,(H,22,24). The van der Waals surface area contributed by atoms with Gasteiger partial charge in [0.05, 0.1) is 17.1 Å². The number of benzene rings is 2. The highest BCUT2D eigenvalue weighted by atomic mass is 19.4. The molecule has 1 N–H and O–H groups in total. The van der Waals surface area contributed by atoms with Crippen LogP contribution in [0.2, 0.25) is 0 Å². The minimum absolute atomic E-state index is 0.293. The Hall–Kier alpha value is -3.03. The first-order chi connectivity index (χ1) is 12.3. The first-order valence-electron chi connectivity index (χ1n) is 7.80. The van der Waals surface area contributed by atoms with Gasteiger partial charge in [0.25, 0.3) is 0 Å². The summed E-state index contributed by atoms with van der Waals surface area (Å²) < 4.78 is 44.6. The lowest BCUT2D eigenvalue weighted by Gasteiger charge is -2.16. The Labute approximate surface area is 146 Å². The van der Waals surface area contributed by atoms with Crippen LogP contribution < -0.4 is 11.1 Å². The Bertz CT molecular complexity index is 1000. The summed E-state index contributed by atoms with van der Waals surface area (Å²) in [6, 6.07) is 10.7. The van der Waals surface area contributed by atoms with E-state index in [-0.39, 0.29) is 6.54 Å². The van der Waals surface area contributed by atoms with Crippen LogP contribution in [-0.4, -0.2) is 10.5 Å². The van der Waals surface area contributed by atoms with E-state index in [4.69, 9.17) is 4.42 Å². The maximum absolute atomic E-state index is 12.8. The number of halogens is 3. The third-order valence-electron chi connectivity index (χ3n) is 3.97. The Morgan fingerprint density at radius 1 is 1.19 bits per heavy atom. The minimum atomic E-state index is -4.46. The normalized spacial score (nSPS) is 12.9. The van der Waals surface area contributed by atoms with E-state index in [0.29, 0.717) is 16.7 Å². The van der Waals surface area contributed by atoms with Gasteiger partial charge in [-0.1, -0.05) is 24.3 Å². The van der Waals surface area contributed by atoms with Crippen molar-refractivity contribution in [2.24, 2.45) is 0 Å². The van der Waals surface area contributed by atoms with E-state index >= 15 is 0 Å². The van der Waals surface area contributed by atoms with Crippen molar-refractivity contribution in [3.8, 4) is 0 Å². The fraction of sp³-hybridized carbons (Fsp3) is 0.222. The highest BCUT2D eigenvalue weighted by molar-refractivity contribution is 5.79. The Morgan fingerprint density at radius 2 is 1.92 bits per heavy atom. The molecule has 1 amide bonds. The van der Waals surface area contributed by atoms with Gasteiger partial charge in [-0.05, 0) is 36.8 Å². The zero-order valence-corrected chi connectivity index (χ0v) is 13.7. The van der Waals surface area contributed by atoms with Gasteiger partial charge in [0.15, 0.2) is 5.58 Å². The SMILES string of the molecule is CC(NC(=O)Cn1c(=O)oc2ccccc21)c1cccc(C(F)(F)F)c1. The molecule has 0 aliphatic rings. The first-order valence-corrected chi connectivity index (χ1v) is 7.80. The van der Waals surface area contributed by atoms with E-state index in [0.717, 1.165) is 12.1 Å². The number of nitrogens with zero attached hydrogens (tertiary/aromatic N) is 1. The highest BCUT2D eigenvalue weighted by Crippen LogP contribution is 2.30. The van der Waals surface area contributed by atoms with Crippen molar-refractivity contribution in [2.75, 3.05) is 0 Å². The number of fused-ring (bicyclic) bond motifs is 1. The Balaban J connectivity index is 1.76. The second kappa shape index (κ2) is 6.70. The molecule has 0 fully saturated rings. The summed E-state index contributed by atoms with van der Waals surface area (Å²) in [6.07, 6.45) is -4.46. The van der Waals surface area contributed by atoms with Crippen molar-refractivity contribution in [3.63, 3.8) is 0 Å². The van der Waals surface area contributed by atoms with Crippen molar-refractivity contribution in [1.82, 2.24) is 9.88 Å². The molecule has 0 bridgehead atoms. The van der Waals surface area contributed by atoms with Crippen molar-refractivity contribution >= 4 is 17.0 Å². The smallest absolute Gasteiger partial charge is 0.408 e. The van der Waals surface area contributed by atoms with Crippen molar-refractivity contribution in [1.29, 1.82) is 0 Å². The third-order valence-corrected chi connectivity index (χ3v) is 3.97. The molecule has 1 heterocycles. The molecule has 8 heteroatoms. The largest absolute Gasteiger partial charge is 0.420 e. The average Bonchev–Trinajstić information content (AvgIpc) is 2.90. The molecule has 1 unspecified atom stereocenters. The molecule has 0 aliphatic carbocycles. The van der Waals surface area contributed by atoms with E-state index in [9.17, 15) is 22.8 Å². The van der Waals surface area contributed by atoms with Crippen LogP contribution in [0, 0.1) is 0 Å². The molecule has 0 aliphatic heterocycles. The monoisotopic (exact) mass is 364 g/mol. The molecule has 1 atom stereocenters. The van der Waals surface area contributed by atoms with Crippen LogP contribution >= 0.6 is 0 Å². The Morgan fingerprint density at radius 3 is 2.65 bits per heavy atom. The fourth-order valence-electron chi connectivity index (χ4n) is 2.66. The molecule has 3 rings (SSSR count). The summed E-state index contributed by atoms with van der Waals surface area (Å²) >= 11 is 0. The van der Waals surface area contributed by atoms with E-state index in [1.54, 1.807) is 31.2 Å². The summed E-state index contributed by atoms with van der Waals surface area (Å²) in [5, 5.41) is 2.60. The molecule has 1 aromatic heterocycles. The topological polar surface area (TPSA) is 64.2 Å². The summed E-state index contributed by atoms with van der Waals surface area (Å²) in [7, 11) is 0. The predicted octanol–water partition coefficient (Wildman–Crippen LogP) is 3.49. The average molecular weight is 364 g/mol. The molecular formula is C18H15F3N2O3. The van der Waals surface area contributed by atoms with E-state index < -0.39 is 29.4 Å². The Kier molecular flexibility index (Phi) is 4.58. The van der Waals surface area contributed by atoms with Crippen LogP contribution in [0.25, 0.3) is 11.1 Å². The number of aromatic nitrogens is 1. The summed E-state index contributed by atoms with van der Waals surface area (Å²) in [6.45, 7) is 1.28. The van der Waals surface area contributed by atoms with Gasteiger partial charge in [-0.3, -0.25) is 9.36 Å². The zero-order chi connectivity index (χ0) is 18.9. The number of alkyl halides is 3. The second-order valence-corrected chi connectivity index (χ2v) is 5.83. The van der Waals surface area contributed by atoms with Gasteiger partial charge in [0.2, 0.25) is 5.91 Å². The fourth-order valence-corrected chi connectivity index (χ4v) is 2.66.